The van der Waals surface area contributed by atoms with Gasteiger partial charge in [0, 0.05) is 17.8 Å². The zero-order chi connectivity index (χ0) is 17.1. The number of amides is 1. The van der Waals surface area contributed by atoms with Crippen LogP contribution in [0.25, 0.3) is 0 Å². The summed E-state index contributed by atoms with van der Waals surface area (Å²) in [6.07, 6.45) is 1.59. The van der Waals surface area contributed by atoms with Crippen molar-refractivity contribution in [1.82, 2.24) is 15.1 Å². The minimum absolute atomic E-state index is 0.272. The van der Waals surface area contributed by atoms with Gasteiger partial charge in [-0.25, -0.2) is 4.39 Å². The summed E-state index contributed by atoms with van der Waals surface area (Å²) >= 11 is 0. The van der Waals surface area contributed by atoms with E-state index in [2.05, 4.69) is 10.4 Å². The Morgan fingerprint density at radius 2 is 2.12 bits per heavy atom. The summed E-state index contributed by atoms with van der Waals surface area (Å²) in [6.45, 7) is 4.14. The van der Waals surface area contributed by atoms with E-state index < -0.39 is 5.82 Å². The number of rotatable bonds is 5. The molecule has 3 aromatic rings. The number of aromatic nitrogens is 2. The van der Waals surface area contributed by atoms with Gasteiger partial charge in [0.1, 0.15) is 17.6 Å². The molecule has 6 heteroatoms. The molecule has 2 aromatic heterocycles. The Hall–Kier alpha value is -2.89. The molecule has 1 unspecified atom stereocenters. The first-order valence-corrected chi connectivity index (χ1v) is 7.64. The SMILES string of the molecule is Cc1cc(C)n(C(CNC(=O)c2cccc(F)c2)c2ccco2)n1. The molecule has 24 heavy (non-hydrogen) atoms. The van der Waals surface area contributed by atoms with Crippen LogP contribution in [0.2, 0.25) is 0 Å². The zero-order valence-electron chi connectivity index (χ0n) is 13.5. The molecular weight excluding hydrogens is 309 g/mol. The Morgan fingerprint density at radius 3 is 2.75 bits per heavy atom. The minimum Gasteiger partial charge on any atom is -0.467 e. The van der Waals surface area contributed by atoms with Crippen LogP contribution < -0.4 is 5.32 Å². The number of carbonyl (C=O) groups excluding carboxylic acids is 1. The highest BCUT2D eigenvalue weighted by atomic mass is 19.1. The molecule has 2 heterocycles. The maximum Gasteiger partial charge on any atom is 0.251 e. The van der Waals surface area contributed by atoms with E-state index >= 15 is 0 Å². The van der Waals surface area contributed by atoms with Crippen molar-refractivity contribution in [2.75, 3.05) is 6.54 Å². The normalized spacial score (nSPS) is 12.1. The molecule has 1 N–H and O–H groups in total. The number of benzene rings is 1. The molecule has 0 saturated heterocycles. The fourth-order valence-corrected chi connectivity index (χ4v) is 2.67. The zero-order valence-corrected chi connectivity index (χ0v) is 13.5. The predicted octanol–water partition coefficient (Wildman–Crippen LogP) is 3.25. The van der Waals surface area contributed by atoms with Crippen LogP contribution in [0.3, 0.4) is 0 Å². The number of carbonyl (C=O) groups is 1. The van der Waals surface area contributed by atoms with Gasteiger partial charge in [0.05, 0.1) is 12.0 Å². The summed E-state index contributed by atoms with van der Waals surface area (Å²) in [6, 6.07) is 10.9. The average Bonchev–Trinajstić information content (AvgIpc) is 3.18. The second kappa shape index (κ2) is 6.70. The van der Waals surface area contributed by atoms with Gasteiger partial charge in [-0.15, -0.1) is 0 Å². The molecule has 0 fully saturated rings. The largest absolute Gasteiger partial charge is 0.467 e. The molecular formula is C18H18FN3O2. The van der Waals surface area contributed by atoms with E-state index in [-0.39, 0.29) is 24.1 Å². The number of nitrogens with zero attached hydrogens (tertiary/aromatic N) is 2. The first-order chi connectivity index (χ1) is 11.5. The fourth-order valence-electron chi connectivity index (χ4n) is 2.67. The summed E-state index contributed by atoms with van der Waals surface area (Å²) in [5.41, 5.74) is 2.14. The second-order valence-corrected chi connectivity index (χ2v) is 5.62. The van der Waals surface area contributed by atoms with Gasteiger partial charge in [0.25, 0.3) is 5.91 Å². The molecule has 0 saturated carbocycles. The van der Waals surface area contributed by atoms with Crippen molar-refractivity contribution in [3.8, 4) is 0 Å². The van der Waals surface area contributed by atoms with Gasteiger partial charge in [-0.3, -0.25) is 9.48 Å². The minimum atomic E-state index is -0.441. The number of furan rings is 1. The molecule has 124 valence electrons. The third-order valence-electron chi connectivity index (χ3n) is 3.75. The predicted molar refractivity (Wildman–Crippen MR) is 87.3 cm³/mol. The van der Waals surface area contributed by atoms with E-state index in [1.807, 2.05) is 30.7 Å². The van der Waals surface area contributed by atoms with E-state index in [9.17, 15) is 9.18 Å². The Labute approximate surface area is 139 Å². The summed E-state index contributed by atoms with van der Waals surface area (Å²) in [4.78, 5) is 12.3. The van der Waals surface area contributed by atoms with E-state index in [1.54, 1.807) is 18.4 Å². The van der Waals surface area contributed by atoms with Crippen LogP contribution in [0, 0.1) is 19.7 Å². The van der Waals surface area contributed by atoms with Crippen molar-refractivity contribution < 1.29 is 13.6 Å². The van der Waals surface area contributed by atoms with Crippen LogP contribution in [-0.2, 0) is 0 Å². The van der Waals surface area contributed by atoms with E-state index in [0.29, 0.717) is 5.76 Å². The number of halogens is 1. The van der Waals surface area contributed by atoms with Crippen LogP contribution in [-0.4, -0.2) is 22.2 Å². The molecule has 0 radical (unpaired) electrons. The Morgan fingerprint density at radius 1 is 1.29 bits per heavy atom. The van der Waals surface area contributed by atoms with Crippen LogP contribution in [0.15, 0.2) is 53.1 Å². The third kappa shape index (κ3) is 3.37. The van der Waals surface area contributed by atoms with Crippen molar-refractivity contribution in [3.05, 3.63) is 77.3 Å². The number of hydrogen-bond acceptors (Lipinski definition) is 3. The van der Waals surface area contributed by atoms with Crippen molar-refractivity contribution in [3.63, 3.8) is 0 Å². The summed E-state index contributed by atoms with van der Waals surface area (Å²) in [5.74, 6) is -0.0860. The standard InChI is InChI=1S/C18H18FN3O2/c1-12-9-13(2)22(21-12)16(17-7-4-8-24-17)11-20-18(23)14-5-3-6-15(19)10-14/h3-10,16H,11H2,1-2H3,(H,20,23). The van der Waals surface area contributed by atoms with Crippen LogP contribution in [0.5, 0.6) is 0 Å². The number of aryl methyl sites for hydroxylation is 2. The summed E-state index contributed by atoms with van der Waals surface area (Å²) < 4.78 is 20.6. The average molecular weight is 327 g/mol. The molecule has 0 bridgehead atoms. The van der Waals surface area contributed by atoms with Crippen LogP contribution in [0.4, 0.5) is 4.39 Å². The van der Waals surface area contributed by atoms with Gasteiger partial charge in [-0.1, -0.05) is 6.07 Å². The van der Waals surface area contributed by atoms with Crippen molar-refractivity contribution in [2.45, 2.75) is 19.9 Å². The first-order valence-electron chi connectivity index (χ1n) is 7.64. The summed E-state index contributed by atoms with van der Waals surface area (Å²) in [7, 11) is 0. The molecule has 0 aliphatic heterocycles. The van der Waals surface area contributed by atoms with Crippen molar-refractivity contribution in [2.24, 2.45) is 0 Å². The van der Waals surface area contributed by atoms with Gasteiger partial charge in [0.15, 0.2) is 0 Å². The van der Waals surface area contributed by atoms with E-state index in [1.165, 1.54) is 18.2 Å². The Bertz CT molecular complexity index is 840. The smallest absolute Gasteiger partial charge is 0.251 e. The van der Waals surface area contributed by atoms with Gasteiger partial charge >= 0.3 is 0 Å². The fraction of sp³-hybridized carbons (Fsp3) is 0.222. The highest BCUT2D eigenvalue weighted by Crippen LogP contribution is 2.20. The maximum absolute atomic E-state index is 13.3. The number of hydrogen-bond donors (Lipinski definition) is 1. The maximum atomic E-state index is 13.3. The molecule has 0 spiro atoms. The van der Waals surface area contributed by atoms with Crippen molar-refractivity contribution in [1.29, 1.82) is 0 Å². The van der Waals surface area contributed by atoms with E-state index in [0.717, 1.165) is 11.4 Å². The monoisotopic (exact) mass is 327 g/mol. The van der Waals surface area contributed by atoms with Gasteiger partial charge in [-0.2, -0.15) is 5.10 Å². The van der Waals surface area contributed by atoms with Gasteiger partial charge in [0.2, 0.25) is 0 Å². The Balaban J connectivity index is 1.80. The van der Waals surface area contributed by atoms with E-state index in [4.69, 9.17) is 4.42 Å². The lowest BCUT2D eigenvalue weighted by molar-refractivity contribution is 0.0947. The lowest BCUT2D eigenvalue weighted by Gasteiger charge is -2.18. The molecule has 1 atom stereocenters. The second-order valence-electron chi connectivity index (χ2n) is 5.62. The lowest BCUT2D eigenvalue weighted by atomic mass is 10.2. The molecule has 0 aliphatic carbocycles. The lowest BCUT2D eigenvalue weighted by Crippen LogP contribution is -2.32. The van der Waals surface area contributed by atoms with Crippen LogP contribution >= 0.6 is 0 Å². The Kier molecular flexibility index (Phi) is 4.46. The molecule has 1 aromatic carbocycles. The number of nitrogens with one attached hydrogen (secondary N) is 1. The summed E-state index contributed by atoms with van der Waals surface area (Å²) in [5, 5.41) is 7.30. The molecule has 5 nitrogen and oxygen atoms in total. The van der Waals surface area contributed by atoms with Gasteiger partial charge in [-0.05, 0) is 50.2 Å². The molecule has 0 aliphatic rings. The highest BCUT2D eigenvalue weighted by Gasteiger charge is 2.21. The van der Waals surface area contributed by atoms with Gasteiger partial charge < -0.3 is 9.73 Å². The quantitative estimate of drug-likeness (QED) is 0.782. The topological polar surface area (TPSA) is 60.1 Å². The van der Waals surface area contributed by atoms with Crippen LogP contribution in [0.1, 0.15) is 33.5 Å². The first kappa shape index (κ1) is 16.0. The third-order valence-corrected chi connectivity index (χ3v) is 3.75. The molecule has 1 amide bonds. The highest BCUT2D eigenvalue weighted by molar-refractivity contribution is 5.94. The van der Waals surface area contributed by atoms with Crippen molar-refractivity contribution >= 4 is 5.91 Å². The molecule has 3 rings (SSSR count).